The molecule has 0 aliphatic heterocycles. The molecule has 19 heavy (non-hydrogen) atoms. The van der Waals surface area contributed by atoms with Crippen LogP contribution in [0.25, 0.3) is 0 Å². The Morgan fingerprint density at radius 1 is 1.21 bits per heavy atom. The van der Waals surface area contributed by atoms with Gasteiger partial charge in [-0.2, -0.15) is 0 Å². The van der Waals surface area contributed by atoms with Crippen molar-refractivity contribution in [2.24, 2.45) is 0 Å². The second-order valence-electron chi connectivity index (χ2n) is 3.96. The summed E-state index contributed by atoms with van der Waals surface area (Å²) in [6.45, 7) is 0. The number of carboxylic acids is 1. The fourth-order valence-corrected chi connectivity index (χ4v) is 1.64. The number of carbonyl (C=O) groups is 1. The van der Waals surface area contributed by atoms with Crippen LogP contribution in [0.1, 0.15) is 10.4 Å². The molecule has 2 rings (SSSR count). The van der Waals surface area contributed by atoms with E-state index in [1.807, 2.05) is 24.3 Å². The van der Waals surface area contributed by atoms with Gasteiger partial charge in [0.1, 0.15) is 5.75 Å². The van der Waals surface area contributed by atoms with E-state index in [1.165, 1.54) is 12.1 Å². The predicted octanol–water partition coefficient (Wildman–Crippen LogP) is 2.72. The average molecular weight is 258 g/mol. The summed E-state index contributed by atoms with van der Waals surface area (Å²) >= 11 is 0. The number of benzene rings is 2. The number of ether oxygens (including phenoxy) is 1. The molecule has 0 amide bonds. The van der Waals surface area contributed by atoms with Gasteiger partial charge in [-0.25, -0.2) is 4.79 Å². The molecule has 0 aliphatic carbocycles. The lowest BCUT2D eigenvalue weighted by Gasteiger charge is -2.10. The van der Waals surface area contributed by atoms with Crippen LogP contribution in [0.5, 0.6) is 5.75 Å². The molecule has 0 saturated carbocycles. The van der Waals surface area contributed by atoms with Crippen molar-refractivity contribution < 1.29 is 14.6 Å². The Bertz CT molecular complexity index is 594. The van der Waals surface area contributed by atoms with Crippen molar-refractivity contribution in [1.82, 2.24) is 0 Å². The number of hydrogen-bond acceptors (Lipinski definition) is 4. The van der Waals surface area contributed by atoms with Gasteiger partial charge >= 0.3 is 5.97 Å². The van der Waals surface area contributed by atoms with Gasteiger partial charge < -0.3 is 20.9 Å². The van der Waals surface area contributed by atoms with E-state index in [4.69, 9.17) is 15.6 Å². The highest BCUT2D eigenvalue weighted by Crippen LogP contribution is 2.25. The number of rotatable bonds is 4. The number of nitrogens with two attached hydrogens (primary N) is 1. The van der Waals surface area contributed by atoms with Crippen molar-refractivity contribution in [2.75, 3.05) is 18.2 Å². The number of carboxylic acid groups (broad SMARTS) is 1. The van der Waals surface area contributed by atoms with Crippen LogP contribution >= 0.6 is 0 Å². The van der Waals surface area contributed by atoms with E-state index in [1.54, 1.807) is 13.2 Å². The van der Waals surface area contributed by atoms with Crippen LogP contribution in [0.4, 0.5) is 17.1 Å². The Balaban J connectivity index is 2.20. The molecular formula is C14H14N2O3. The van der Waals surface area contributed by atoms with Gasteiger partial charge in [0.2, 0.25) is 0 Å². The van der Waals surface area contributed by atoms with Gasteiger partial charge in [-0.1, -0.05) is 0 Å². The first kappa shape index (κ1) is 12.8. The summed E-state index contributed by atoms with van der Waals surface area (Å²) in [5, 5.41) is 12.0. The maximum atomic E-state index is 10.8. The molecule has 4 N–H and O–H groups in total. The van der Waals surface area contributed by atoms with Crippen LogP contribution in [0.2, 0.25) is 0 Å². The third-order valence-electron chi connectivity index (χ3n) is 2.67. The van der Waals surface area contributed by atoms with Crippen molar-refractivity contribution in [2.45, 2.75) is 0 Å². The molecule has 0 fully saturated rings. The van der Waals surface area contributed by atoms with Crippen LogP contribution in [0.3, 0.4) is 0 Å². The molecule has 2 aromatic carbocycles. The quantitative estimate of drug-likeness (QED) is 0.734. The predicted molar refractivity (Wildman–Crippen MR) is 74.1 cm³/mol. The largest absolute Gasteiger partial charge is 0.497 e. The molecule has 5 heteroatoms. The molecule has 98 valence electrons. The highest BCUT2D eigenvalue weighted by atomic mass is 16.5. The van der Waals surface area contributed by atoms with E-state index in [0.717, 1.165) is 11.4 Å². The molecule has 0 radical (unpaired) electrons. The highest BCUT2D eigenvalue weighted by Gasteiger charge is 2.06. The van der Waals surface area contributed by atoms with Crippen LogP contribution < -0.4 is 15.8 Å². The van der Waals surface area contributed by atoms with Crippen molar-refractivity contribution >= 4 is 23.0 Å². The van der Waals surface area contributed by atoms with Gasteiger partial charge in [0.15, 0.2) is 0 Å². The van der Waals surface area contributed by atoms with Gasteiger partial charge in [-0.05, 0) is 42.5 Å². The second kappa shape index (κ2) is 5.30. The van der Waals surface area contributed by atoms with Crippen LogP contribution in [0.15, 0.2) is 42.5 Å². The summed E-state index contributed by atoms with van der Waals surface area (Å²) in [5.74, 6) is -0.234. The number of hydrogen-bond donors (Lipinski definition) is 3. The van der Waals surface area contributed by atoms with E-state index in [0.29, 0.717) is 11.4 Å². The highest BCUT2D eigenvalue weighted by molar-refractivity contribution is 5.90. The second-order valence-corrected chi connectivity index (χ2v) is 3.96. The summed E-state index contributed by atoms with van der Waals surface area (Å²) in [4.78, 5) is 10.8. The zero-order valence-corrected chi connectivity index (χ0v) is 10.4. The summed E-state index contributed by atoms with van der Waals surface area (Å²) < 4.78 is 5.07. The molecule has 5 nitrogen and oxygen atoms in total. The number of anilines is 3. The topological polar surface area (TPSA) is 84.6 Å². The normalized spacial score (nSPS) is 9.95. The molecule has 0 aromatic heterocycles. The number of methoxy groups -OCH3 is 1. The maximum absolute atomic E-state index is 10.8. The van der Waals surface area contributed by atoms with Gasteiger partial charge in [-0.3, -0.25) is 0 Å². The minimum absolute atomic E-state index is 0.165. The van der Waals surface area contributed by atoms with E-state index in [9.17, 15) is 4.79 Å². The average Bonchev–Trinajstić information content (AvgIpc) is 2.41. The molecule has 0 saturated heterocycles. The van der Waals surface area contributed by atoms with Crippen LogP contribution in [-0.2, 0) is 0 Å². The molecule has 0 unspecified atom stereocenters. The smallest absolute Gasteiger partial charge is 0.335 e. The standard InChI is InChI=1S/C14H14N2O3/c1-19-11-5-3-10(4-6-11)16-13-7-2-9(14(17)18)8-12(13)15/h2-8,16H,15H2,1H3,(H,17,18). The monoisotopic (exact) mass is 258 g/mol. The van der Waals surface area contributed by atoms with Crippen LogP contribution in [0, 0.1) is 0 Å². The van der Waals surface area contributed by atoms with E-state index in [2.05, 4.69) is 5.32 Å². The van der Waals surface area contributed by atoms with Crippen LogP contribution in [-0.4, -0.2) is 18.2 Å². The SMILES string of the molecule is COc1ccc(Nc2ccc(C(=O)O)cc2N)cc1. The first-order valence-electron chi connectivity index (χ1n) is 5.64. The molecule has 0 bridgehead atoms. The van der Waals surface area contributed by atoms with Crippen molar-refractivity contribution in [1.29, 1.82) is 0 Å². The summed E-state index contributed by atoms with van der Waals surface area (Å²) in [6.07, 6.45) is 0. The molecule has 0 atom stereocenters. The third kappa shape index (κ3) is 2.95. The fourth-order valence-electron chi connectivity index (χ4n) is 1.64. The van der Waals surface area contributed by atoms with E-state index >= 15 is 0 Å². The van der Waals surface area contributed by atoms with Crippen molar-refractivity contribution in [3.05, 3.63) is 48.0 Å². The first-order chi connectivity index (χ1) is 9.10. The maximum Gasteiger partial charge on any atom is 0.335 e. The lowest BCUT2D eigenvalue weighted by molar-refractivity contribution is 0.0697. The molecule has 0 spiro atoms. The Hall–Kier alpha value is -2.69. The van der Waals surface area contributed by atoms with Gasteiger partial charge in [-0.15, -0.1) is 0 Å². The Kier molecular flexibility index (Phi) is 3.56. The first-order valence-corrected chi connectivity index (χ1v) is 5.64. The minimum Gasteiger partial charge on any atom is -0.497 e. The fraction of sp³-hybridized carbons (Fsp3) is 0.0714. The van der Waals surface area contributed by atoms with E-state index in [-0.39, 0.29) is 5.56 Å². The summed E-state index contributed by atoms with van der Waals surface area (Å²) in [7, 11) is 1.60. The summed E-state index contributed by atoms with van der Waals surface area (Å²) in [5.41, 5.74) is 7.87. The molecular weight excluding hydrogens is 244 g/mol. The van der Waals surface area contributed by atoms with Gasteiger partial charge in [0.05, 0.1) is 24.0 Å². The zero-order chi connectivity index (χ0) is 13.8. The summed E-state index contributed by atoms with van der Waals surface area (Å²) in [6, 6.07) is 11.9. The Morgan fingerprint density at radius 3 is 2.42 bits per heavy atom. The number of nitrogen functional groups attached to an aromatic ring is 1. The zero-order valence-electron chi connectivity index (χ0n) is 10.4. The van der Waals surface area contributed by atoms with Crippen molar-refractivity contribution in [3.63, 3.8) is 0 Å². The Morgan fingerprint density at radius 2 is 1.89 bits per heavy atom. The minimum atomic E-state index is -0.998. The van der Waals surface area contributed by atoms with Gasteiger partial charge in [0, 0.05) is 5.69 Å². The molecule has 0 heterocycles. The number of nitrogens with one attached hydrogen (secondary N) is 1. The molecule has 0 aliphatic rings. The van der Waals surface area contributed by atoms with Crippen molar-refractivity contribution in [3.8, 4) is 5.75 Å². The lowest BCUT2D eigenvalue weighted by atomic mass is 10.1. The lowest BCUT2D eigenvalue weighted by Crippen LogP contribution is -2.01. The van der Waals surface area contributed by atoms with Gasteiger partial charge in [0.25, 0.3) is 0 Å². The number of aromatic carboxylic acids is 1. The van der Waals surface area contributed by atoms with E-state index < -0.39 is 5.97 Å². The molecule has 2 aromatic rings. The Labute approximate surface area is 110 Å². The third-order valence-corrected chi connectivity index (χ3v) is 2.67.